The van der Waals surface area contributed by atoms with Crippen LogP contribution in [0.4, 0.5) is 17.6 Å². The zero-order chi connectivity index (χ0) is 16.9. The predicted molar refractivity (Wildman–Crippen MR) is 69.6 cm³/mol. The first-order chi connectivity index (χ1) is 10.3. The van der Waals surface area contributed by atoms with Crippen molar-refractivity contribution in [1.29, 1.82) is 0 Å². The van der Waals surface area contributed by atoms with Gasteiger partial charge in [0, 0.05) is 5.56 Å². The Morgan fingerprint density at radius 1 is 1.18 bits per heavy atom. The Hall–Kier alpha value is -2.38. The molecule has 1 aromatic heterocycles. The second kappa shape index (κ2) is 7.06. The number of hydrogen-bond acceptors (Lipinski definition) is 4. The minimum absolute atomic E-state index is 0.103. The first kappa shape index (κ1) is 17.7. The third-order valence-corrected chi connectivity index (χ3v) is 2.36. The number of aromatic nitrogens is 1. The van der Waals surface area contributed by atoms with Gasteiger partial charge in [0.1, 0.15) is 11.5 Å². The molecule has 4 nitrogen and oxygen atoms in total. The summed E-state index contributed by atoms with van der Waals surface area (Å²) in [7, 11) is 0.993. The first-order valence-corrected chi connectivity index (χ1v) is 6.25. The Morgan fingerprint density at radius 3 is 2.18 bits per heavy atom. The van der Waals surface area contributed by atoms with Gasteiger partial charge in [-0.15, -0.1) is 0 Å². The summed E-state index contributed by atoms with van der Waals surface area (Å²) in [5.41, 5.74) is -0.254. The van der Waals surface area contributed by atoms with Gasteiger partial charge in [0.25, 0.3) is 0 Å². The number of benzene rings is 1. The van der Waals surface area contributed by atoms with Gasteiger partial charge in [-0.25, -0.2) is 14.2 Å². The number of nitrogens with zero attached hydrogens (tertiary/aromatic N) is 1. The Kier molecular flexibility index (Phi) is 5.67. The molecule has 0 atom stereocenters. The van der Waals surface area contributed by atoms with Gasteiger partial charge in [0.2, 0.25) is 5.76 Å². The normalized spacial score (nSPS) is 10.7. The van der Waals surface area contributed by atoms with Crippen LogP contribution < -0.4 is 0 Å². The van der Waals surface area contributed by atoms with Crippen molar-refractivity contribution in [2.75, 3.05) is 7.11 Å². The van der Waals surface area contributed by atoms with Gasteiger partial charge in [-0.3, -0.25) is 0 Å². The Bertz CT molecular complexity index is 633. The lowest BCUT2D eigenvalue weighted by atomic mass is 10.1. The number of esters is 1. The molecule has 0 unspecified atom stereocenters. The van der Waals surface area contributed by atoms with E-state index in [9.17, 15) is 22.4 Å². The van der Waals surface area contributed by atoms with Crippen molar-refractivity contribution >= 4 is 5.97 Å². The van der Waals surface area contributed by atoms with Gasteiger partial charge >= 0.3 is 18.0 Å². The van der Waals surface area contributed by atoms with Gasteiger partial charge in [0.15, 0.2) is 0 Å². The van der Waals surface area contributed by atoms with Crippen LogP contribution in [0.5, 0.6) is 0 Å². The van der Waals surface area contributed by atoms with Gasteiger partial charge in [-0.1, -0.05) is 13.8 Å². The molecule has 0 amide bonds. The maximum absolute atomic E-state index is 12.8. The van der Waals surface area contributed by atoms with Crippen LogP contribution in [0, 0.1) is 5.82 Å². The van der Waals surface area contributed by atoms with E-state index >= 15 is 0 Å². The van der Waals surface area contributed by atoms with E-state index in [4.69, 9.17) is 0 Å². The summed E-state index contributed by atoms with van der Waals surface area (Å²) in [6.07, 6.45) is -4.85. The Labute approximate surface area is 123 Å². The molecule has 0 saturated carbocycles. The predicted octanol–water partition coefficient (Wildman–Crippen LogP) is 4.31. The second-order valence-corrected chi connectivity index (χ2v) is 3.69. The minimum Gasteiger partial charge on any atom is -0.463 e. The van der Waals surface area contributed by atoms with Crippen molar-refractivity contribution in [3.8, 4) is 11.3 Å². The van der Waals surface area contributed by atoms with Crippen molar-refractivity contribution in [3.05, 3.63) is 41.7 Å². The first-order valence-electron chi connectivity index (χ1n) is 6.25. The molecule has 0 aliphatic rings. The summed E-state index contributed by atoms with van der Waals surface area (Å²) in [5, 5.41) is 0. The molecule has 0 spiro atoms. The molecule has 0 aliphatic heterocycles. The van der Waals surface area contributed by atoms with E-state index in [1.165, 1.54) is 12.1 Å². The van der Waals surface area contributed by atoms with Crippen LogP contribution in [0.3, 0.4) is 0 Å². The molecule has 0 bridgehead atoms. The molecule has 0 saturated heterocycles. The second-order valence-electron chi connectivity index (χ2n) is 3.69. The molecule has 0 N–H and O–H groups in total. The van der Waals surface area contributed by atoms with Crippen LogP contribution in [0.2, 0.25) is 0 Å². The highest BCUT2D eigenvalue weighted by atomic mass is 19.4. The molecule has 0 fully saturated rings. The summed E-state index contributed by atoms with van der Waals surface area (Å²) < 4.78 is 59.2. The number of ether oxygens (including phenoxy) is 1. The highest BCUT2D eigenvalue weighted by Gasteiger charge is 2.40. The molecule has 0 aliphatic carbocycles. The topological polar surface area (TPSA) is 52.3 Å². The van der Waals surface area contributed by atoms with E-state index in [0.717, 1.165) is 19.2 Å². The quantitative estimate of drug-likeness (QED) is 0.611. The summed E-state index contributed by atoms with van der Waals surface area (Å²) >= 11 is 0. The molecule has 0 radical (unpaired) electrons. The summed E-state index contributed by atoms with van der Waals surface area (Å²) in [4.78, 5) is 14.7. The van der Waals surface area contributed by atoms with Crippen molar-refractivity contribution < 1.29 is 31.5 Å². The third kappa shape index (κ3) is 3.84. The van der Waals surface area contributed by atoms with Crippen molar-refractivity contribution in [2.45, 2.75) is 20.0 Å². The lowest BCUT2D eigenvalue weighted by molar-refractivity contribution is -0.157. The summed E-state index contributed by atoms with van der Waals surface area (Å²) in [6, 6.07) is 4.41. The summed E-state index contributed by atoms with van der Waals surface area (Å²) in [6.45, 7) is 4.00. The van der Waals surface area contributed by atoms with E-state index in [2.05, 4.69) is 14.1 Å². The number of carbonyl (C=O) groups excluding carboxylic acids is 1. The van der Waals surface area contributed by atoms with E-state index in [-0.39, 0.29) is 11.3 Å². The maximum atomic E-state index is 12.8. The molecule has 2 rings (SSSR count). The number of oxazole rings is 1. The highest BCUT2D eigenvalue weighted by Crippen LogP contribution is 2.33. The highest BCUT2D eigenvalue weighted by molar-refractivity contribution is 5.93. The van der Waals surface area contributed by atoms with Crippen LogP contribution in [0.15, 0.2) is 28.7 Å². The SMILES string of the molecule is CC.COC(=O)c1oc(C(F)(F)F)nc1-c1ccc(F)cc1. The number of carbonyl (C=O) groups is 1. The molecule has 8 heteroatoms. The van der Waals surface area contributed by atoms with Gasteiger partial charge in [-0.05, 0) is 24.3 Å². The zero-order valence-electron chi connectivity index (χ0n) is 12.0. The monoisotopic (exact) mass is 319 g/mol. The van der Waals surface area contributed by atoms with E-state index in [0.29, 0.717) is 0 Å². The fraction of sp³-hybridized carbons (Fsp3) is 0.286. The third-order valence-electron chi connectivity index (χ3n) is 2.36. The lowest BCUT2D eigenvalue weighted by Gasteiger charge is -1.99. The molecular formula is C14H13F4NO3. The Morgan fingerprint density at radius 2 is 1.73 bits per heavy atom. The van der Waals surface area contributed by atoms with Crippen LogP contribution in [0.1, 0.15) is 30.3 Å². The average Bonchev–Trinajstić information content (AvgIpc) is 2.94. The zero-order valence-corrected chi connectivity index (χ0v) is 12.0. The summed E-state index contributed by atoms with van der Waals surface area (Å²) in [5.74, 6) is -3.94. The number of rotatable bonds is 2. The molecule has 22 heavy (non-hydrogen) atoms. The Balaban J connectivity index is 0.00000116. The number of alkyl halides is 3. The largest absolute Gasteiger partial charge is 0.468 e. The molecule has 2 aromatic rings. The minimum atomic E-state index is -4.85. The fourth-order valence-electron chi connectivity index (χ4n) is 1.48. The van der Waals surface area contributed by atoms with Gasteiger partial charge in [-0.2, -0.15) is 13.2 Å². The number of methoxy groups -OCH3 is 1. The van der Waals surface area contributed by atoms with Crippen LogP contribution in [0.25, 0.3) is 11.3 Å². The van der Waals surface area contributed by atoms with Crippen LogP contribution in [-0.2, 0) is 10.9 Å². The molecular weight excluding hydrogens is 306 g/mol. The lowest BCUT2D eigenvalue weighted by Crippen LogP contribution is -2.05. The van der Waals surface area contributed by atoms with Crippen molar-refractivity contribution in [2.24, 2.45) is 0 Å². The van der Waals surface area contributed by atoms with Gasteiger partial charge < -0.3 is 9.15 Å². The maximum Gasteiger partial charge on any atom is 0.468 e. The van der Waals surface area contributed by atoms with Crippen LogP contribution >= 0.6 is 0 Å². The molecule has 1 aromatic carbocycles. The smallest absolute Gasteiger partial charge is 0.463 e. The molecule has 1 heterocycles. The fourth-order valence-corrected chi connectivity index (χ4v) is 1.48. The van der Waals surface area contributed by atoms with Crippen molar-refractivity contribution in [3.63, 3.8) is 0 Å². The van der Waals surface area contributed by atoms with E-state index < -0.39 is 29.6 Å². The number of hydrogen-bond donors (Lipinski definition) is 0. The van der Waals surface area contributed by atoms with Crippen LogP contribution in [-0.4, -0.2) is 18.1 Å². The van der Waals surface area contributed by atoms with Crippen molar-refractivity contribution in [1.82, 2.24) is 4.98 Å². The number of halogens is 4. The standard InChI is InChI=1S/C12H7F4NO3.C2H6/c1-19-10(18)9-8(6-2-4-7(13)5-3-6)17-11(20-9)12(14,15)16;1-2/h2-5H,1H3;1-2H3. The molecule has 120 valence electrons. The van der Waals surface area contributed by atoms with Gasteiger partial charge in [0.05, 0.1) is 7.11 Å². The average molecular weight is 319 g/mol. The van der Waals surface area contributed by atoms with E-state index in [1.54, 1.807) is 0 Å². The van der Waals surface area contributed by atoms with E-state index in [1.807, 2.05) is 13.8 Å².